The van der Waals surface area contributed by atoms with E-state index in [9.17, 15) is 0 Å². The molecule has 2 heterocycles. The Labute approximate surface area is 388 Å². The van der Waals surface area contributed by atoms with Crippen LogP contribution in [0, 0.1) is 18.8 Å². The van der Waals surface area contributed by atoms with Crippen molar-refractivity contribution in [2.75, 3.05) is 9.80 Å². The summed E-state index contributed by atoms with van der Waals surface area (Å²) in [5, 5.41) is 5.14. The van der Waals surface area contributed by atoms with Gasteiger partial charge in [-0.2, -0.15) is 0 Å². The van der Waals surface area contributed by atoms with E-state index in [-0.39, 0.29) is 23.4 Å². The zero-order chi connectivity index (χ0) is 44.4. The molecule has 3 heteroatoms. The summed E-state index contributed by atoms with van der Waals surface area (Å²) in [7, 11) is 0. The topological polar surface area (TPSA) is 11.4 Å². The molecule has 3 nitrogen and oxygen atoms in total. The van der Waals surface area contributed by atoms with E-state index in [1.807, 2.05) is 0 Å². The summed E-state index contributed by atoms with van der Waals surface area (Å²) in [5.74, 6) is 0.554. The van der Waals surface area contributed by atoms with E-state index < -0.39 is 0 Å². The van der Waals surface area contributed by atoms with Crippen molar-refractivity contribution >= 4 is 66.6 Å². The molecule has 12 rings (SSSR count). The van der Waals surface area contributed by atoms with Gasteiger partial charge in [0.2, 0.25) is 0 Å². The van der Waals surface area contributed by atoms with Gasteiger partial charge in [0.1, 0.15) is 0 Å². The van der Waals surface area contributed by atoms with Crippen LogP contribution in [0.4, 0.5) is 28.4 Å². The summed E-state index contributed by atoms with van der Waals surface area (Å²) in [6, 6.07) is 69.9. The highest BCUT2D eigenvalue weighted by Gasteiger charge is 2.52. The van der Waals surface area contributed by atoms with Crippen molar-refractivity contribution in [2.24, 2.45) is 11.8 Å². The predicted octanol–water partition coefficient (Wildman–Crippen LogP) is 16.5. The molecule has 320 valence electrons. The largest absolute Gasteiger partial charge is 0.334 e. The van der Waals surface area contributed by atoms with E-state index >= 15 is 0 Å². The SMILES string of the molecule is Cc1cc(N(c2ccccc2)c2cccc3ccccc23)ccc1C1=CC[C@H](N(c2ccccc2)c2cccc(C3(C(C)C)c4cccc5c6ccccc6n(c45)C4C=CC=CC43)c2)C=C1. The molecule has 8 aromatic carbocycles. The quantitative estimate of drug-likeness (QED) is 0.143. The highest BCUT2D eigenvalue weighted by Crippen LogP contribution is 2.58. The highest BCUT2D eigenvalue weighted by atomic mass is 15.2. The maximum atomic E-state index is 2.64. The summed E-state index contributed by atoms with van der Waals surface area (Å²) >= 11 is 0. The molecule has 2 aliphatic carbocycles. The molecule has 0 bridgehead atoms. The molecule has 66 heavy (non-hydrogen) atoms. The third-order valence-corrected chi connectivity index (χ3v) is 14.9. The molecule has 3 unspecified atom stereocenters. The first-order valence-corrected chi connectivity index (χ1v) is 23.6. The van der Waals surface area contributed by atoms with Crippen molar-refractivity contribution in [1.29, 1.82) is 0 Å². The molecule has 0 saturated heterocycles. The van der Waals surface area contributed by atoms with Crippen molar-refractivity contribution in [3.8, 4) is 0 Å². The van der Waals surface area contributed by atoms with Crippen LogP contribution < -0.4 is 9.80 Å². The third-order valence-electron chi connectivity index (χ3n) is 14.9. The molecule has 0 radical (unpaired) electrons. The lowest BCUT2D eigenvalue weighted by molar-refractivity contribution is 0.227. The van der Waals surface area contributed by atoms with E-state index in [1.54, 1.807) is 0 Å². The lowest BCUT2D eigenvalue weighted by atomic mass is 9.55. The molecule has 0 N–H and O–H groups in total. The molecule has 9 aromatic rings. The maximum absolute atomic E-state index is 2.64. The van der Waals surface area contributed by atoms with E-state index in [2.05, 4.69) is 266 Å². The van der Waals surface area contributed by atoms with Gasteiger partial charge in [-0.3, -0.25) is 0 Å². The fourth-order valence-electron chi connectivity index (χ4n) is 12.1. The number of allylic oxidation sites excluding steroid dienone is 6. The van der Waals surface area contributed by atoms with Gasteiger partial charge in [0.15, 0.2) is 0 Å². The van der Waals surface area contributed by atoms with Crippen molar-refractivity contribution in [3.63, 3.8) is 0 Å². The minimum Gasteiger partial charge on any atom is -0.334 e. The van der Waals surface area contributed by atoms with Crippen molar-refractivity contribution in [2.45, 2.75) is 44.7 Å². The lowest BCUT2D eigenvalue weighted by Crippen LogP contribution is -2.47. The minimum atomic E-state index is -0.267. The van der Waals surface area contributed by atoms with Crippen LogP contribution in [0.3, 0.4) is 0 Å². The van der Waals surface area contributed by atoms with Gasteiger partial charge in [-0.05, 0) is 113 Å². The first-order chi connectivity index (χ1) is 32.5. The second kappa shape index (κ2) is 16.1. The van der Waals surface area contributed by atoms with Gasteiger partial charge in [0, 0.05) is 55.8 Å². The van der Waals surface area contributed by atoms with Crippen molar-refractivity contribution in [1.82, 2.24) is 4.57 Å². The van der Waals surface area contributed by atoms with Crippen LogP contribution in [0.25, 0.3) is 38.2 Å². The summed E-state index contributed by atoms with van der Waals surface area (Å²) in [6.07, 6.45) is 17.6. The Morgan fingerprint density at radius 1 is 0.576 bits per heavy atom. The predicted molar refractivity (Wildman–Crippen MR) is 280 cm³/mol. The molecule has 4 atom stereocenters. The van der Waals surface area contributed by atoms with E-state index in [4.69, 9.17) is 0 Å². The second-order valence-corrected chi connectivity index (χ2v) is 18.6. The number of fused-ring (bicyclic) bond motifs is 6. The van der Waals surface area contributed by atoms with Gasteiger partial charge in [-0.25, -0.2) is 0 Å². The number of hydrogen-bond acceptors (Lipinski definition) is 2. The number of anilines is 5. The van der Waals surface area contributed by atoms with Crippen LogP contribution in [-0.4, -0.2) is 10.6 Å². The molecular formula is C63H53N3. The number of rotatable bonds is 9. The summed E-state index contributed by atoms with van der Waals surface area (Å²) < 4.78 is 2.64. The van der Waals surface area contributed by atoms with E-state index in [1.165, 1.54) is 77.5 Å². The average Bonchev–Trinajstić information content (AvgIpc) is 3.71. The summed E-state index contributed by atoms with van der Waals surface area (Å²) in [6.45, 7) is 7.14. The first-order valence-electron chi connectivity index (χ1n) is 23.6. The van der Waals surface area contributed by atoms with E-state index in [0.29, 0.717) is 5.92 Å². The first kappa shape index (κ1) is 39.9. The van der Waals surface area contributed by atoms with E-state index in [0.717, 1.165) is 17.8 Å². The Balaban J connectivity index is 0.919. The number of para-hydroxylation sites is 4. The number of benzene rings is 8. The summed E-state index contributed by atoms with van der Waals surface area (Å²) in [5.41, 5.74) is 14.9. The molecule has 0 amide bonds. The standard InChI is InChI=1S/C63H53N3/c1-43(2)63(57-30-13-15-33-61(57)66-60-32-14-12-28-55(60)56-29-18-31-58(63)62(56)66)47-21-17-26-51(42-47)64(48-22-6-4-7-23-48)50-37-35-46(36-38-50)53-40-39-52(41-44(53)3)65(49-24-8-5-9-25-49)59-34-16-20-45-19-10-11-27-54(45)59/h4-37,39-43,50,57,61H,38H2,1-3H3/t50-,57?,61?,63?/m1/s1. The monoisotopic (exact) mass is 851 g/mol. The van der Waals surface area contributed by atoms with Crippen molar-refractivity contribution < 1.29 is 0 Å². The Morgan fingerprint density at radius 3 is 2.05 bits per heavy atom. The fourth-order valence-corrected chi connectivity index (χ4v) is 12.1. The fraction of sp³-hybridized carbons (Fsp3) is 0.143. The zero-order valence-electron chi connectivity index (χ0n) is 37.8. The minimum absolute atomic E-state index is 0.128. The van der Waals surface area contributed by atoms with Crippen LogP contribution >= 0.6 is 0 Å². The Morgan fingerprint density at radius 2 is 1.26 bits per heavy atom. The lowest BCUT2D eigenvalue weighted by Gasteiger charge is -2.51. The smallest absolute Gasteiger partial charge is 0.0600 e. The molecule has 0 saturated carbocycles. The molecular weight excluding hydrogens is 799 g/mol. The Bertz CT molecular complexity index is 3420. The number of nitrogens with zero attached hydrogens (tertiary/aromatic N) is 3. The highest BCUT2D eigenvalue weighted by molar-refractivity contribution is 6.10. The number of aromatic nitrogens is 1. The molecule has 1 aliphatic heterocycles. The second-order valence-electron chi connectivity index (χ2n) is 18.6. The van der Waals surface area contributed by atoms with Gasteiger partial charge >= 0.3 is 0 Å². The zero-order valence-corrected chi connectivity index (χ0v) is 37.8. The van der Waals surface area contributed by atoms with Crippen LogP contribution in [-0.2, 0) is 5.41 Å². The maximum Gasteiger partial charge on any atom is 0.0600 e. The number of hydrogen-bond donors (Lipinski definition) is 0. The third kappa shape index (κ3) is 6.25. The Kier molecular flexibility index (Phi) is 9.75. The van der Waals surface area contributed by atoms with Gasteiger partial charge in [0.05, 0.1) is 23.3 Å². The Hall–Kier alpha value is -7.62. The van der Waals surface area contributed by atoms with Crippen LogP contribution in [0.2, 0.25) is 0 Å². The molecule has 3 aliphatic rings. The van der Waals surface area contributed by atoms with Crippen molar-refractivity contribution in [3.05, 3.63) is 253 Å². The molecule has 0 fully saturated rings. The summed E-state index contributed by atoms with van der Waals surface area (Å²) in [4.78, 5) is 4.96. The normalized spacial score (nSPS) is 19.6. The van der Waals surface area contributed by atoms with Gasteiger partial charge < -0.3 is 14.4 Å². The molecule has 0 spiro atoms. The van der Waals surface area contributed by atoms with Crippen LogP contribution in [0.1, 0.15) is 48.6 Å². The van der Waals surface area contributed by atoms with Gasteiger partial charge in [0.25, 0.3) is 0 Å². The van der Waals surface area contributed by atoms with Gasteiger partial charge in [-0.1, -0.05) is 184 Å². The van der Waals surface area contributed by atoms with Crippen LogP contribution in [0.5, 0.6) is 0 Å². The van der Waals surface area contributed by atoms with Gasteiger partial charge in [-0.15, -0.1) is 0 Å². The number of aryl methyl sites for hydroxylation is 1. The molecule has 1 aromatic heterocycles. The average molecular weight is 852 g/mol. The van der Waals surface area contributed by atoms with Crippen LogP contribution in [0.15, 0.2) is 231 Å².